The van der Waals surface area contributed by atoms with Crippen LogP contribution < -0.4 is 5.32 Å². The van der Waals surface area contributed by atoms with Gasteiger partial charge in [-0.2, -0.15) is 0 Å². The minimum Gasteiger partial charge on any atom is -0.314 e. The lowest BCUT2D eigenvalue weighted by molar-refractivity contribution is 0.484. The van der Waals surface area contributed by atoms with E-state index < -0.39 is 9.84 Å². The molecule has 0 aliphatic rings. The zero-order valence-corrected chi connectivity index (χ0v) is 12.0. The van der Waals surface area contributed by atoms with Crippen molar-refractivity contribution in [2.75, 3.05) is 18.6 Å². The van der Waals surface area contributed by atoms with Gasteiger partial charge in [-0.25, -0.2) is 8.42 Å². The third-order valence-electron chi connectivity index (χ3n) is 2.89. The summed E-state index contributed by atoms with van der Waals surface area (Å²) >= 11 is 0. The van der Waals surface area contributed by atoms with Crippen LogP contribution in [0.4, 0.5) is 0 Å². The molecule has 1 rings (SSSR count). The second-order valence-electron chi connectivity index (χ2n) is 4.72. The van der Waals surface area contributed by atoms with Gasteiger partial charge in [-0.1, -0.05) is 37.3 Å². The second kappa shape index (κ2) is 7.54. The van der Waals surface area contributed by atoms with E-state index in [-0.39, 0.29) is 5.75 Å². The van der Waals surface area contributed by atoms with Gasteiger partial charge < -0.3 is 5.32 Å². The summed E-state index contributed by atoms with van der Waals surface area (Å²) in [6.07, 6.45) is 3.88. The largest absolute Gasteiger partial charge is 0.314 e. The zero-order valence-electron chi connectivity index (χ0n) is 11.2. The Morgan fingerprint density at radius 1 is 1.22 bits per heavy atom. The summed E-state index contributed by atoms with van der Waals surface area (Å²) in [6.45, 7) is 2.99. The van der Waals surface area contributed by atoms with Crippen molar-refractivity contribution in [3.63, 3.8) is 0 Å². The Labute approximate surface area is 111 Å². The number of likely N-dealkylation sites (N-methyl/N-ethyl adjacent to an activating group) is 1. The van der Waals surface area contributed by atoms with Gasteiger partial charge in [-0.15, -0.1) is 0 Å². The second-order valence-corrected chi connectivity index (χ2v) is 6.98. The molecule has 4 heteroatoms. The molecule has 1 N–H and O–H groups in total. The van der Waals surface area contributed by atoms with Crippen LogP contribution in [0.15, 0.2) is 30.3 Å². The molecule has 0 fully saturated rings. The van der Waals surface area contributed by atoms with Crippen LogP contribution in [0.2, 0.25) is 0 Å². The molecule has 1 unspecified atom stereocenters. The lowest BCUT2D eigenvalue weighted by Gasteiger charge is -2.17. The van der Waals surface area contributed by atoms with E-state index in [1.165, 1.54) is 11.8 Å². The Hall–Kier alpha value is -0.870. The highest BCUT2D eigenvalue weighted by atomic mass is 32.2. The van der Waals surface area contributed by atoms with Gasteiger partial charge in [0.2, 0.25) is 0 Å². The average molecular weight is 269 g/mol. The van der Waals surface area contributed by atoms with Crippen molar-refractivity contribution >= 4 is 9.84 Å². The number of nitrogens with one attached hydrogen (secondary N) is 1. The molecule has 0 bridgehead atoms. The maximum Gasteiger partial charge on any atom is 0.147 e. The Morgan fingerprint density at radius 2 is 1.89 bits per heavy atom. The first-order chi connectivity index (χ1) is 8.51. The molecular formula is C14H23NO2S. The number of sulfone groups is 1. The first kappa shape index (κ1) is 15.2. The normalized spacial score (nSPS) is 13.4. The quantitative estimate of drug-likeness (QED) is 0.785. The third kappa shape index (κ3) is 6.77. The third-order valence-corrected chi connectivity index (χ3v) is 3.92. The fourth-order valence-corrected chi connectivity index (χ4v) is 2.75. The summed E-state index contributed by atoms with van der Waals surface area (Å²) in [5, 5.41) is 3.42. The van der Waals surface area contributed by atoms with Crippen LogP contribution in [0.5, 0.6) is 0 Å². The monoisotopic (exact) mass is 269 g/mol. The molecular weight excluding hydrogens is 246 g/mol. The Morgan fingerprint density at radius 3 is 2.44 bits per heavy atom. The van der Waals surface area contributed by atoms with E-state index >= 15 is 0 Å². The van der Waals surface area contributed by atoms with Crippen LogP contribution in [-0.4, -0.2) is 33.0 Å². The van der Waals surface area contributed by atoms with E-state index in [1.54, 1.807) is 0 Å². The zero-order chi connectivity index (χ0) is 13.4. The molecule has 0 heterocycles. The highest BCUT2D eigenvalue weighted by Gasteiger charge is 2.10. The molecule has 1 aromatic rings. The van der Waals surface area contributed by atoms with Gasteiger partial charge in [0.05, 0.1) is 0 Å². The summed E-state index contributed by atoms with van der Waals surface area (Å²) in [6, 6.07) is 10.7. The predicted molar refractivity (Wildman–Crippen MR) is 76.6 cm³/mol. The molecule has 0 amide bonds. The molecule has 18 heavy (non-hydrogen) atoms. The smallest absolute Gasteiger partial charge is 0.147 e. The van der Waals surface area contributed by atoms with Gasteiger partial charge in [0, 0.05) is 18.1 Å². The predicted octanol–water partition coefficient (Wildman–Crippen LogP) is 2.03. The van der Waals surface area contributed by atoms with Crippen LogP contribution in [0.25, 0.3) is 0 Å². The molecule has 0 spiro atoms. The molecule has 1 atom stereocenters. The number of hydrogen-bond donors (Lipinski definition) is 1. The van der Waals surface area contributed by atoms with Gasteiger partial charge in [-0.3, -0.25) is 0 Å². The topological polar surface area (TPSA) is 46.2 Å². The highest BCUT2D eigenvalue weighted by Crippen LogP contribution is 2.08. The molecule has 102 valence electrons. The van der Waals surface area contributed by atoms with E-state index in [0.717, 1.165) is 25.8 Å². The molecule has 3 nitrogen and oxygen atoms in total. The van der Waals surface area contributed by atoms with E-state index in [9.17, 15) is 8.42 Å². The van der Waals surface area contributed by atoms with E-state index in [4.69, 9.17) is 0 Å². The van der Waals surface area contributed by atoms with Gasteiger partial charge in [-0.05, 0) is 31.4 Å². The van der Waals surface area contributed by atoms with Crippen molar-refractivity contribution in [2.24, 2.45) is 0 Å². The van der Waals surface area contributed by atoms with Crippen molar-refractivity contribution in [3.8, 4) is 0 Å². The lowest BCUT2D eigenvalue weighted by atomic mass is 10.0. The standard InChI is InChI=1S/C14H23NO2S/c1-3-15-14(10-7-11-18(2,16)17)12-13-8-5-4-6-9-13/h4-6,8-9,14-15H,3,7,10-12H2,1-2H3. The van der Waals surface area contributed by atoms with Gasteiger partial charge in [0.25, 0.3) is 0 Å². The SMILES string of the molecule is CCNC(CCCS(C)(=O)=O)Cc1ccccc1. The summed E-state index contributed by atoms with van der Waals surface area (Å²) < 4.78 is 22.2. The van der Waals surface area contributed by atoms with E-state index in [2.05, 4.69) is 24.4 Å². The Bertz CT molecular complexity index is 428. The molecule has 0 aromatic heterocycles. The van der Waals surface area contributed by atoms with E-state index in [1.807, 2.05) is 18.2 Å². The molecule has 0 saturated carbocycles. The van der Waals surface area contributed by atoms with Crippen molar-refractivity contribution in [2.45, 2.75) is 32.2 Å². The summed E-state index contributed by atoms with van der Waals surface area (Å²) in [5.74, 6) is 0.281. The molecule has 0 aliphatic carbocycles. The van der Waals surface area contributed by atoms with Crippen molar-refractivity contribution in [3.05, 3.63) is 35.9 Å². The summed E-state index contributed by atoms with van der Waals surface area (Å²) in [5.41, 5.74) is 1.29. The van der Waals surface area contributed by atoms with Gasteiger partial charge >= 0.3 is 0 Å². The summed E-state index contributed by atoms with van der Waals surface area (Å²) in [7, 11) is -2.84. The van der Waals surface area contributed by atoms with Crippen LogP contribution in [0.1, 0.15) is 25.3 Å². The van der Waals surface area contributed by atoms with Crippen LogP contribution in [0.3, 0.4) is 0 Å². The summed E-state index contributed by atoms with van der Waals surface area (Å²) in [4.78, 5) is 0. The van der Waals surface area contributed by atoms with Gasteiger partial charge in [0.15, 0.2) is 0 Å². The number of rotatable bonds is 8. The minimum atomic E-state index is -2.84. The number of hydrogen-bond acceptors (Lipinski definition) is 3. The molecule has 1 aromatic carbocycles. The fraction of sp³-hybridized carbons (Fsp3) is 0.571. The van der Waals surface area contributed by atoms with Gasteiger partial charge in [0.1, 0.15) is 9.84 Å². The Balaban J connectivity index is 2.45. The first-order valence-corrected chi connectivity index (χ1v) is 8.52. The first-order valence-electron chi connectivity index (χ1n) is 6.46. The molecule has 0 saturated heterocycles. The highest BCUT2D eigenvalue weighted by molar-refractivity contribution is 7.90. The fourth-order valence-electron chi connectivity index (χ4n) is 2.06. The minimum absolute atomic E-state index is 0.281. The van der Waals surface area contributed by atoms with Crippen LogP contribution in [0, 0.1) is 0 Å². The van der Waals surface area contributed by atoms with Crippen molar-refractivity contribution < 1.29 is 8.42 Å². The van der Waals surface area contributed by atoms with Crippen LogP contribution in [-0.2, 0) is 16.3 Å². The average Bonchev–Trinajstić information content (AvgIpc) is 2.29. The maximum atomic E-state index is 11.1. The van der Waals surface area contributed by atoms with E-state index in [0.29, 0.717) is 6.04 Å². The van der Waals surface area contributed by atoms with Crippen LogP contribution >= 0.6 is 0 Å². The van der Waals surface area contributed by atoms with Crippen molar-refractivity contribution in [1.82, 2.24) is 5.32 Å². The Kier molecular flexibility index (Phi) is 6.36. The molecule has 0 radical (unpaired) electrons. The molecule has 0 aliphatic heterocycles. The maximum absolute atomic E-state index is 11.1. The lowest BCUT2D eigenvalue weighted by Crippen LogP contribution is -2.31. The van der Waals surface area contributed by atoms with Crippen molar-refractivity contribution in [1.29, 1.82) is 0 Å². The number of benzene rings is 1.